The third-order valence-corrected chi connectivity index (χ3v) is 1.40. The number of amides is 1. The Labute approximate surface area is 72.8 Å². The fraction of sp³-hybridized carbons (Fsp3) is 0.556. The maximum Gasteiger partial charge on any atom is 0.237 e. The Morgan fingerprint density at radius 3 is 2.67 bits per heavy atom. The average molecular weight is 164 g/mol. The SMILES string of the molecule is C#CCC(C)NC(=O)C(C)C#N. The van der Waals surface area contributed by atoms with Crippen LogP contribution in [0.4, 0.5) is 0 Å². The number of carbonyl (C=O) groups excluding carboxylic acids is 1. The van der Waals surface area contributed by atoms with Gasteiger partial charge in [-0.05, 0) is 13.8 Å². The van der Waals surface area contributed by atoms with Crippen molar-refractivity contribution in [3.63, 3.8) is 0 Å². The number of terminal acetylenes is 1. The van der Waals surface area contributed by atoms with Crippen molar-refractivity contribution in [1.82, 2.24) is 5.32 Å². The number of nitriles is 1. The van der Waals surface area contributed by atoms with Gasteiger partial charge in [-0.3, -0.25) is 4.79 Å². The lowest BCUT2D eigenvalue weighted by molar-refractivity contribution is -0.123. The normalized spacial score (nSPS) is 13.7. The van der Waals surface area contributed by atoms with Crippen molar-refractivity contribution >= 4 is 5.91 Å². The molecule has 0 aromatic carbocycles. The van der Waals surface area contributed by atoms with Gasteiger partial charge in [0.05, 0.1) is 6.07 Å². The number of carbonyl (C=O) groups is 1. The van der Waals surface area contributed by atoms with Gasteiger partial charge in [-0.25, -0.2) is 0 Å². The largest absolute Gasteiger partial charge is 0.352 e. The summed E-state index contributed by atoms with van der Waals surface area (Å²) in [5.74, 6) is 1.56. The monoisotopic (exact) mass is 164 g/mol. The Balaban J connectivity index is 3.87. The summed E-state index contributed by atoms with van der Waals surface area (Å²) in [5.41, 5.74) is 0. The second kappa shape index (κ2) is 5.21. The van der Waals surface area contributed by atoms with Crippen LogP contribution in [-0.4, -0.2) is 11.9 Å². The molecule has 3 nitrogen and oxygen atoms in total. The molecule has 0 aliphatic rings. The summed E-state index contributed by atoms with van der Waals surface area (Å²) >= 11 is 0. The van der Waals surface area contributed by atoms with E-state index < -0.39 is 5.92 Å². The van der Waals surface area contributed by atoms with Crippen molar-refractivity contribution < 1.29 is 4.79 Å². The molecule has 0 aromatic rings. The van der Waals surface area contributed by atoms with E-state index in [0.717, 1.165) is 0 Å². The molecule has 1 amide bonds. The minimum absolute atomic E-state index is 0.0571. The second-order valence-corrected chi connectivity index (χ2v) is 2.67. The molecule has 64 valence electrons. The summed E-state index contributed by atoms with van der Waals surface area (Å²) in [6.45, 7) is 3.36. The van der Waals surface area contributed by atoms with Gasteiger partial charge in [0, 0.05) is 12.5 Å². The van der Waals surface area contributed by atoms with Crippen LogP contribution < -0.4 is 5.32 Å². The highest BCUT2D eigenvalue weighted by Crippen LogP contribution is 1.94. The van der Waals surface area contributed by atoms with Gasteiger partial charge in [0.25, 0.3) is 0 Å². The average Bonchev–Trinajstić information content (AvgIpc) is 2.03. The van der Waals surface area contributed by atoms with E-state index in [1.54, 1.807) is 6.92 Å². The molecule has 0 saturated heterocycles. The summed E-state index contributed by atoms with van der Waals surface area (Å²) in [4.78, 5) is 11.1. The number of rotatable bonds is 3. The fourth-order valence-electron chi connectivity index (χ4n) is 0.654. The van der Waals surface area contributed by atoms with Gasteiger partial charge < -0.3 is 5.32 Å². The highest BCUT2D eigenvalue weighted by Gasteiger charge is 2.12. The van der Waals surface area contributed by atoms with Gasteiger partial charge in [0.1, 0.15) is 5.92 Å². The highest BCUT2D eigenvalue weighted by molar-refractivity contribution is 5.80. The van der Waals surface area contributed by atoms with Gasteiger partial charge in [-0.1, -0.05) is 0 Å². The van der Waals surface area contributed by atoms with Gasteiger partial charge >= 0.3 is 0 Å². The predicted octanol–water partition coefficient (Wildman–Crippen LogP) is 0.674. The number of nitrogens with zero attached hydrogens (tertiary/aromatic N) is 1. The Kier molecular flexibility index (Phi) is 4.57. The molecule has 0 rings (SSSR count). The fourth-order valence-corrected chi connectivity index (χ4v) is 0.654. The summed E-state index contributed by atoms with van der Waals surface area (Å²) in [6.07, 6.45) is 5.54. The van der Waals surface area contributed by atoms with Gasteiger partial charge in [0.15, 0.2) is 0 Å². The van der Waals surface area contributed by atoms with Gasteiger partial charge in [0.2, 0.25) is 5.91 Å². The highest BCUT2D eigenvalue weighted by atomic mass is 16.1. The molecule has 3 heteroatoms. The molecule has 2 unspecified atom stereocenters. The topological polar surface area (TPSA) is 52.9 Å². The molecule has 0 aromatic heterocycles. The lowest BCUT2D eigenvalue weighted by atomic mass is 10.1. The van der Waals surface area contributed by atoms with Crippen molar-refractivity contribution in [3.05, 3.63) is 0 Å². The lowest BCUT2D eigenvalue weighted by Gasteiger charge is -2.11. The second-order valence-electron chi connectivity index (χ2n) is 2.67. The molecule has 12 heavy (non-hydrogen) atoms. The zero-order chi connectivity index (χ0) is 9.56. The van der Waals surface area contributed by atoms with E-state index >= 15 is 0 Å². The molecule has 2 atom stereocenters. The number of hydrogen-bond acceptors (Lipinski definition) is 2. The Bertz CT molecular complexity index is 234. The molecule has 0 fully saturated rings. The molecule has 0 heterocycles. The van der Waals surface area contributed by atoms with Gasteiger partial charge in [-0.15, -0.1) is 12.3 Å². The molecular weight excluding hydrogens is 152 g/mol. The van der Waals surface area contributed by atoms with Crippen LogP contribution in [0.2, 0.25) is 0 Å². The van der Waals surface area contributed by atoms with Crippen LogP contribution in [0, 0.1) is 29.6 Å². The number of hydrogen-bond donors (Lipinski definition) is 1. The van der Waals surface area contributed by atoms with Crippen LogP contribution in [0.3, 0.4) is 0 Å². The van der Waals surface area contributed by atoms with Crippen molar-refractivity contribution in [1.29, 1.82) is 5.26 Å². The summed E-state index contributed by atoms with van der Waals surface area (Å²) < 4.78 is 0. The smallest absolute Gasteiger partial charge is 0.237 e. The van der Waals surface area contributed by atoms with E-state index in [9.17, 15) is 4.79 Å². The van der Waals surface area contributed by atoms with Crippen LogP contribution in [0.5, 0.6) is 0 Å². The van der Waals surface area contributed by atoms with Crippen molar-refractivity contribution in [2.24, 2.45) is 5.92 Å². The Hall–Kier alpha value is -1.48. The first-order valence-electron chi connectivity index (χ1n) is 3.75. The summed E-state index contributed by atoms with van der Waals surface area (Å²) in [7, 11) is 0. The van der Waals surface area contributed by atoms with Crippen molar-refractivity contribution in [2.45, 2.75) is 26.3 Å². The molecule has 0 aliphatic heterocycles. The maximum absolute atomic E-state index is 11.1. The summed E-state index contributed by atoms with van der Waals surface area (Å²) in [5, 5.41) is 11.0. The Morgan fingerprint density at radius 1 is 1.67 bits per heavy atom. The molecule has 1 N–H and O–H groups in total. The standard InChI is InChI=1S/C9H12N2O/c1-4-5-8(3)11-9(12)7(2)6-10/h1,7-8H,5H2,2-3H3,(H,11,12). The molecule has 0 aliphatic carbocycles. The first kappa shape index (κ1) is 10.5. The van der Waals surface area contributed by atoms with Crippen molar-refractivity contribution in [2.75, 3.05) is 0 Å². The Morgan fingerprint density at radius 2 is 2.25 bits per heavy atom. The lowest BCUT2D eigenvalue weighted by Crippen LogP contribution is -2.35. The third-order valence-electron chi connectivity index (χ3n) is 1.40. The van der Waals surface area contributed by atoms with Gasteiger partial charge in [-0.2, -0.15) is 5.26 Å². The maximum atomic E-state index is 11.1. The molecular formula is C9H12N2O. The van der Waals surface area contributed by atoms with E-state index in [1.807, 2.05) is 13.0 Å². The molecule has 0 radical (unpaired) electrons. The zero-order valence-electron chi connectivity index (χ0n) is 7.29. The van der Waals surface area contributed by atoms with E-state index in [4.69, 9.17) is 11.7 Å². The first-order valence-corrected chi connectivity index (χ1v) is 3.75. The third kappa shape index (κ3) is 3.63. The number of nitrogens with one attached hydrogen (secondary N) is 1. The quantitative estimate of drug-likeness (QED) is 0.623. The van der Waals surface area contributed by atoms with Crippen molar-refractivity contribution in [3.8, 4) is 18.4 Å². The van der Waals surface area contributed by atoms with E-state index in [0.29, 0.717) is 6.42 Å². The van der Waals surface area contributed by atoms with E-state index in [2.05, 4.69) is 11.2 Å². The zero-order valence-corrected chi connectivity index (χ0v) is 7.29. The first-order chi connectivity index (χ1) is 5.61. The summed E-state index contributed by atoms with van der Waals surface area (Å²) in [6, 6.07) is 1.79. The van der Waals surface area contributed by atoms with Crippen LogP contribution in [0.1, 0.15) is 20.3 Å². The minimum Gasteiger partial charge on any atom is -0.352 e. The molecule has 0 saturated carbocycles. The van der Waals surface area contributed by atoms with Crippen LogP contribution in [0.25, 0.3) is 0 Å². The predicted molar refractivity (Wildman–Crippen MR) is 45.8 cm³/mol. The minimum atomic E-state index is -0.606. The van der Waals surface area contributed by atoms with Crippen LogP contribution in [-0.2, 0) is 4.79 Å². The van der Waals surface area contributed by atoms with Crippen LogP contribution in [0.15, 0.2) is 0 Å². The molecule has 0 spiro atoms. The van der Waals surface area contributed by atoms with Crippen LogP contribution >= 0.6 is 0 Å². The van der Waals surface area contributed by atoms with E-state index in [-0.39, 0.29) is 11.9 Å². The molecule has 0 bridgehead atoms. The van der Waals surface area contributed by atoms with E-state index in [1.165, 1.54) is 0 Å².